The number of halogens is 1. The van der Waals surface area contributed by atoms with E-state index in [1.54, 1.807) is 0 Å². The van der Waals surface area contributed by atoms with Crippen LogP contribution in [0, 0.1) is 0 Å². The van der Waals surface area contributed by atoms with E-state index in [0.29, 0.717) is 11.1 Å². The molecule has 0 fully saturated rings. The highest BCUT2D eigenvalue weighted by atomic mass is 79.9. The zero-order chi connectivity index (χ0) is 15.1. The van der Waals surface area contributed by atoms with E-state index in [4.69, 9.17) is 28.2 Å². The molecule has 0 saturated carbocycles. The van der Waals surface area contributed by atoms with Crippen molar-refractivity contribution in [2.45, 2.75) is 0 Å². The molecule has 0 amide bonds. The molecule has 0 aliphatic carbocycles. The van der Waals surface area contributed by atoms with Gasteiger partial charge in [0.2, 0.25) is 0 Å². The van der Waals surface area contributed by atoms with Crippen molar-refractivity contribution in [3.63, 3.8) is 0 Å². The number of hydrogen-bond acceptors (Lipinski definition) is 7. The van der Waals surface area contributed by atoms with Gasteiger partial charge in [-0.2, -0.15) is 0 Å². The fourth-order valence-electron chi connectivity index (χ4n) is 1.53. The second-order valence-electron chi connectivity index (χ2n) is 3.57. The van der Waals surface area contributed by atoms with E-state index >= 15 is 0 Å². The second kappa shape index (κ2) is 7.80. The molecule has 0 aliphatic heterocycles. The minimum absolute atomic E-state index is 0.0857. The number of benzene rings is 1. The molecular weight excluding hydrogens is 342 g/mol. The second-order valence-corrected chi connectivity index (χ2v) is 5.16. The molecular formula is C11H16BrN7S. The number of hydrazine groups is 1. The first-order valence-corrected chi connectivity index (χ1v) is 7.06. The van der Waals surface area contributed by atoms with E-state index in [2.05, 4.69) is 26.6 Å². The monoisotopic (exact) mass is 357 g/mol. The summed E-state index contributed by atoms with van der Waals surface area (Å²) in [6.45, 7) is 0. The van der Waals surface area contributed by atoms with Crippen molar-refractivity contribution in [3.8, 4) is 0 Å². The van der Waals surface area contributed by atoms with Crippen LogP contribution >= 0.6 is 27.9 Å². The van der Waals surface area contributed by atoms with Gasteiger partial charge in [0.1, 0.15) is 0 Å². The van der Waals surface area contributed by atoms with Crippen LogP contribution in [0.1, 0.15) is 5.56 Å². The molecule has 0 spiro atoms. The Bertz CT molecular complexity index is 550. The molecule has 0 saturated heterocycles. The van der Waals surface area contributed by atoms with Crippen LogP contribution in [0.3, 0.4) is 0 Å². The molecule has 1 aromatic rings. The first-order valence-electron chi connectivity index (χ1n) is 5.39. The summed E-state index contributed by atoms with van der Waals surface area (Å²) in [7, 11) is 0. The minimum Gasteiger partial charge on any atom is -0.404 e. The van der Waals surface area contributed by atoms with Gasteiger partial charge in [-0.05, 0) is 29.6 Å². The maximum absolute atomic E-state index is 5.87. The van der Waals surface area contributed by atoms with Crippen molar-refractivity contribution in [1.82, 2.24) is 5.53 Å². The van der Waals surface area contributed by atoms with Gasteiger partial charge in [0, 0.05) is 16.2 Å². The minimum atomic E-state index is 0.0857. The topological polar surface area (TPSA) is 154 Å². The summed E-state index contributed by atoms with van der Waals surface area (Å²) in [6.07, 6.45) is 1.39. The number of rotatable bonds is 5. The average Bonchev–Trinajstić information content (AvgIpc) is 2.45. The summed E-state index contributed by atoms with van der Waals surface area (Å²) >= 11 is 4.21. The highest BCUT2D eigenvalue weighted by Crippen LogP contribution is 2.27. The standard InChI is InChI=1S/C11H16BrN7S/c12-7-3-1-6(2-4-7)8(5-13)9(11(15)20-17)10(14)18-19-16/h1-5,19H,13,15-17H2,(H2,14,18)/b8-5-,11-9-. The number of hydrazone groups is 1. The Kier molecular flexibility index (Phi) is 6.39. The predicted molar refractivity (Wildman–Crippen MR) is 88.2 cm³/mol. The molecule has 20 heavy (non-hydrogen) atoms. The fraction of sp³-hybridized carbons (Fsp3) is 0. The Hall–Kier alpha value is -1.68. The zero-order valence-corrected chi connectivity index (χ0v) is 12.9. The Morgan fingerprint density at radius 3 is 2.30 bits per heavy atom. The summed E-state index contributed by atoms with van der Waals surface area (Å²) in [5.74, 6) is 5.22. The van der Waals surface area contributed by atoms with Crippen LogP contribution in [0.25, 0.3) is 5.57 Å². The van der Waals surface area contributed by atoms with Gasteiger partial charge >= 0.3 is 0 Å². The van der Waals surface area contributed by atoms with Crippen molar-refractivity contribution >= 4 is 39.3 Å². The molecule has 0 aliphatic rings. The van der Waals surface area contributed by atoms with Gasteiger partial charge in [0.15, 0.2) is 5.84 Å². The molecule has 0 heterocycles. The zero-order valence-electron chi connectivity index (χ0n) is 10.5. The third kappa shape index (κ3) is 3.90. The van der Waals surface area contributed by atoms with Crippen LogP contribution in [0.5, 0.6) is 0 Å². The maximum Gasteiger partial charge on any atom is 0.155 e. The van der Waals surface area contributed by atoms with Gasteiger partial charge in [-0.25, -0.2) is 11.4 Å². The van der Waals surface area contributed by atoms with E-state index in [-0.39, 0.29) is 10.9 Å². The first-order chi connectivity index (χ1) is 9.54. The molecule has 1 aromatic carbocycles. The number of nitrogens with one attached hydrogen (secondary N) is 1. The molecule has 0 radical (unpaired) electrons. The van der Waals surface area contributed by atoms with Crippen molar-refractivity contribution in [3.05, 3.63) is 51.1 Å². The Labute approximate surface area is 129 Å². The van der Waals surface area contributed by atoms with Gasteiger partial charge in [-0.3, -0.25) is 5.14 Å². The smallest absolute Gasteiger partial charge is 0.155 e. The molecule has 0 atom stereocenters. The molecule has 0 aromatic heterocycles. The molecule has 108 valence electrons. The Morgan fingerprint density at radius 1 is 1.25 bits per heavy atom. The Morgan fingerprint density at radius 2 is 1.85 bits per heavy atom. The number of amidine groups is 1. The van der Waals surface area contributed by atoms with Crippen molar-refractivity contribution in [1.29, 1.82) is 0 Å². The maximum atomic E-state index is 5.87. The lowest BCUT2D eigenvalue weighted by atomic mass is 9.99. The van der Waals surface area contributed by atoms with Crippen LogP contribution in [-0.2, 0) is 0 Å². The van der Waals surface area contributed by atoms with Crippen LogP contribution in [0.2, 0.25) is 0 Å². The molecule has 1 rings (SSSR count). The van der Waals surface area contributed by atoms with E-state index < -0.39 is 0 Å². The summed E-state index contributed by atoms with van der Waals surface area (Å²) in [5.41, 5.74) is 21.4. The number of hydrogen-bond donors (Lipinski definition) is 6. The van der Waals surface area contributed by atoms with Crippen LogP contribution < -0.4 is 33.7 Å². The molecule has 0 unspecified atom stereocenters. The molecule has 9 heteroatoms. The third-order valence-corrected chi connectivity index (χ3v) is 3.39. The summed E-state index contributed by atoms with van der Waals surface area (Å²) < 4.78 is 0.939. The molecule has 0 bridgehead atoms. The highest BCUT2D eigenvalue weighted by Gasteiger charge is 2.16. The predicted octanol–water partition coefficient (Wildman–Crippen LogP) is 0.261. The van der Waals surface area contributed by atoms with Crippen LogP contribution in [0.15, 0.2) is 50.6 Å². The SMILES string of the molecule is N\C=C(C(/C(N)=N/NN)=C(\N)SN)\c1ccc(Br)cc1. The van der Waals surface area contributed by atoms with Gasteiger partial charge in [0.25, 0.3) is 0 Å². The van der Waals surface area contributed by atoms with Gasteiger partial charge in [0.05, 0.1) is 10.6 Å². The van der Waals surface area contributed by atoms with Crippen LogP contribution in [-0.4, -0.2) is 5.84 Å². The fourth-order valence-corrected chi connectivity index (χ4v) is 2.13. The van der Waals surface area contributed by atoms with Crippen molar-refractivity contribution < 1.29 is 0 Å². The van der Waals surface area contributed by atoms with Gasteiger partial charge in [-0.15, -0.1) is 5.10 Å². The summed E-state index contributed by atoms with van der Waals surface area (Å²) in [4.78, 5) is 0. The quantitative estimate of drug-likeness (QED) is 0.110. The van der Waals surface area contributed by atoms with Gasteiger partial charge in [-0.1, -0.05) is 28.1 Å². The Balaban J connectivity index is 3.38. The van der Waals surface area contributed by atoms with Crippen molar-refractivity contribution in [2.24, 2.45) is 33.3 Å². The third-order valence-electron chi connectivity index (χ3n) is 2.41. The largest absolute Gasteiger partial charge is 0.404 e. The molecule has 7 nitrogen and oxygen atoms in total. The normalized spacial score (nSPS) is 13.9. The summed E-state index contributed by atoms with van der Waals surface area (Å²) in [6, 6.07) is 7.47. The van der Waals surface area contributed by atoms with E-state index in [9.17, 15) is 0 Å². The van der Waals surface area contributed by atoms with Gasteiger partial charge < -0.3 is 17.2 Å². The van der Waals surface area contributed by atoms with E-state index in [1.807, 2.05) is 24.3 Å². The highest BCUT2D eigenvalue weighted by molar-refractivity contribution is 9.10. The lowest BCUT2D eigenvalue weighted by molar-refractivity contribution is 0.804. The van der Waals surface area contributed by atoms with Crippen molar-refractivity contribution in [2.75, 3.05) is 0 Å². The number of nitrogens with two attached hydrogens (primary N) is 5. The average molecular weight is 358 g/mol. The van der Waals surface area contributed by atoms with E-state index in [1.165, 1.54) is 6.20 Å². The lowest BCUT2D eigenvalue weighted by Crippen LogP contribution is -2.26. The summed E-state index contributed by atoms with van der Waals surface area (Å²) in [5, 5.41) is 9.49. The number of nitrogens with zero attached hydrogens (tertiary/aromatic N) is 1. The first kappa shape index (κ1) is 16.4. The lowest BCUT2D eigenvalue weighted by Gasteiger charge is -2.14. The van der Waals surface area contributed by atoms with E-state index in [0.717, 1.165) is 22.0 Å². The molecule has 11 N–H and O–H groups in total. The van der Waals surface area contributed by atoms with Crippen LogP contribution in [0.4, 0.5) is 0 Å².